The molecule has 0 spiro atoms. The van der Waals surface area contributed by atoms with Crippen LogP contribution in [0.15, 0.2) is 17.1 Å². The van der Waals surface area contributed by atoms with E-state index in [2.05, 4.69) is 5.10 Å². The Bertz CT molecular complexity index is 487. The zero-order chi connectivity index (χ0) is 14.4. The summed E-state index contributed by atoms with van der Waals surface area (Å²) in [5.74, 6) is -0.671. The summed E-state index contributed by atoms with van der Waals surface area (Å²) in [7, 11) is 3.43. The van der Waals surface area contributed by atoms with Crippen molar-refractivity contribution in [2.45, 2.75) is 12.6 Å². The molecule has 1 heterocycles. The fourth-order valence-corrected chi connectivity index (χ4v) is 1.40. The third kappa shape index (κ3) is 4.34. The molecule has 1 aromatic rings. The van der Waals surface area contributed by atoms with Crippen molar-refractivity contribution in [1.29, 1.82) is 0 Å². The molecule has 0 aliphatic carbocycles. The summed E-state index contributed by atoms with van der Waals surface area (Å²) in [6.45, 7) is 1.16. The van der Waals surface area contributed by atoms with Crippen molar-refractivity contribution in [2.24, 2.45) is 11.5 Å². The highest BCUT2D eigenvalue weighted by molar-refractivity contribution is 5.79. The van der Waals surface area contributed by atoms with E-state index >= 15 is 0 Å². The number of likely N-dealkylation sites (N-methyl/N-ethyl adjacent to an activating group) is 1. The molecule has 0 aliphatic rings. The van der Waals surface area contributed by atoms with Gasteiger partial charge in [0.2, 0.25) is 5.91 Å². The minimum Gasteiger partial charge on any atom is -0.383 e. The topological polar surface area (TPSA) is 116 Å². The second kappa shape index (κ2) is 6.86. The van der Waals surface area contributed by atoms with Gasteiger partial charge < -0.3 is 21.1 Å². The Morgan fingerprint density at radius 1 is 1.63 bits per heavy atom. The first-order chi connectivity index (χ1) is 8.95. The van der Waals surface area contributed by atoms with Crippen molar-refractivity contribution in [3.05, 3.63) is 22.6 Å². The summed E-state index contributed by atoms with van der Waals surface area (Å²) in [6.07, 6.45) is 1.53. The molecule has 0 radical (unpaired) electrons. The molecular formula is C11H19N5O3. The third-order valence-electron chi connectivity index (χ3n) is 2.66. The summed E-state index contributed by atoms with van der Waals surface area (Å²) in [6, 6.07) is 0.499. The van der Waals surface area contributed by atoms with E-state index in [0.29, 0.717) is 18.8 Å². The van der Waals surface area contributed by atoms with Gasteiger partial charge in [-0.3, -0.25) is 9.59 Å². The van der Waals surface area contributed by atoms with E-state index in [-0.39, 0.29) is 12.1 Å². The lowest BCUT2D eigenvalue weighted by Gasteiger charge is -2.18. The average molecular weight is 269 g/mol. The molecule has 8 nitrogen and oxygen atoms in total. The van der Waals surface area contributed by atoms with Crippen LogP contribution < -0.4 is 21.9 Å². The maximum absolute atomic E-state index is 11.8. The van der Waals surface area contributed by atoms with Gasteiger partial charge >= 0.3 is 0 Å². The fourth-order valence-electron chi connectivity index (χ4n) is 1.40. The standard InChI is InChI=1S/C11H19N5O3/c1-15(3-4-19-2)8-5-10(17)16(14-6-8)7-9(12)11(13)18/h5-6,9H,3-4,7,12H2,1-2H3,(H2,13,18). The first-order valence-corrected chi connectivity index (χ1v) is 5.78. The van der Waals surface area contributed by atoms with Gasteiger partial charge in [0.1, 0.15) is 6.04 Å². The summed E-state index contributed by atoms with van der Waals surface area (Å²) in [5.41, 5.74) is 10.9. The molecule has 4 N–H and O–H groups in total. The molecule has 19 heavy (non-hydrogen) atoms. The minimum atomic E-state index is -0.928. The first kappa shape index (κ1) is 15.1. The quantitative estimate of drug-likeness (QED) is 0.599. The van der Waals surface area contributed by atoms with Crippen molar-refractivity contribution in [3.8, 4) is 0 Å². The maximum Gasteiger partial charge on any atom is 0.268 e. The summed E-state index contributed by atoms with van der Waals surface area (Å²) >= 11 is 0. The molecule has 0 bridgehead atoms. The molecule has 8 heteroatoms. The predicted octanol–water partition coefficient (Wildman–Crippen LogP) is -1.86. The molecule has 0 aliphatic heterocycles. The van der Waals surface area contributed by atoms with Crippen LogP contribution in [0.25, 0.3) is 0 Å². The average Bonchev–Trinajstić information content (AvgIpc) is 2.37. The van der Waals surface area contributed by atoms with Crippen LogP contribution >= 0.6 is 0 Å². The monoisotopic (exact) mass is 269 g/mol. The van der Waals surface area contributed by atoms with Gasteiger partial charge in [0.25, 0.3) is 5.56 Å². The van der Waals surface area contributed by atoms with E-state index in [1.54, 1.807) is 7.11 Å². The second-order valence-corrected chi connectivity index (χ2v) is 4.16. The molecule has 1 amide bonds. The molecule has 1 atom stereocenters. The van der Waals surface area contributed by atoms with Gasteiger partial charge in [-0.15, -0.1) is 0 Å². The van der Waals surface area contributed by atoms with Gasteiger partial charge in [-0.25, -0.2) is 4.68 Å². The van der Waals surface area contributed by atoms with Crippen molar-refractivity contribution < 1.29 is 9.53 Å². The van der Waals surface area contributed by atoms with Crippen molar-refractivity contribution in [2.75, 3.05) is 32.2 Å². The Balaban J connectivity index is 2.80. The van der Waals surface area contributed by atoms with Crippen LogP contribution in [0.1, 0.15) is 0 Å². The van der Waals surface area contributed by atoms with Gasteiger partial charge in [0.15, 0.2) is 0 Å². The lowest BCUT2D eigenvalue weighted by atomic mass is 10.3. The van der Waals surface area contributed by atoms with Crippen molar-refractivity contribution in [3.63, 3.8) is 0 Å². The number of anilines is 1. The fraction of sp³-hybridized carbons (Fsp3) is 0.545. The number of amides is 1. The zero-order valence-electron chi connectivity index (χ0n) is 11.1. The molecule has 1 aromatic heterocycles. The van der Waals surface area contributed by atoms with Crippen LogP contribution in [0.4, 0.5) is 5.69 Å². The molecule has 106 valence electrons. The van der Waals surface area contributed by atoms with Crippen molar-refractivity contribution >= 4 is 11.6 Å². The number of hydrogen-bond acceptors (Lipinski definition) is 6. The Kier molecular flexibility index (Phi) is 5.46. The SMILES string of the molecule is COCCN(C)c1cnn(CC(N)C(N)=O)c(=O)c1. The molecule has 1 unspecified atom stereocenters. The number of nitrogens with two attached hydrogens (primary N) is 2. The van der Waals surface area contributed by atoms with E-state index in [0.717, 1.165) is 4.68 Å². The smallest absolute Gasteiger partial charge is 0.268 e. The van der Waals surface area contributed by atoms with E-state index in [1.165, 1.54) is 12.3 Å². The van der Waals surface area contributed by atoms with E-state index in [4.69, 9.17) is 16.2 Å². The number of rotatable bonds is 7. The molecule has 0 saturated heterocycles. The zero-order valence-corrected chi connectivity index (χ0v) is 11.1. The molecule has 1 rings (SSSR count). The van der Waals surface area contributed by atoms with Crippen LogP contribution in [0.5, 0.6) is 0 Å². The van der Waals surface area contributed by atoms with Gasteiger partial charge in [-0.2, -0.15) is 5.10 Å². The van der Waals surface area contributed by atoms with Gasteiger partial charge in [-0.1, -0.05) is 0 Å². The van der Waals surface area contributed by atoms with Gasteiger partial charge in [0, 0.05) is 26.8 Å². The Hall–Kier alpha value is -1.93. The van der Waals surface area contributed by atoms with Crippen molar-refractivity contribution in [1.82, 2.24) is 9.78 Å². The number of ether oxygens (including phenoxy) is 1. The second-order valence-electron chi connectivity index (χ2n) is 4.16. The number of aromatic nitrogens is 2. The lowest BCUT2D eigenvalue weighted by molar-refractivity contribution is -0.119. The van der Waals surface area contributed by atoms with Crippen LogP contribution in [-0.2, 0) is 16.1 Å². The number of carbonyl (C=O) groups excluding carboxylic acids is 1. The highest BCUT2D eigenvalue weighted by Gasteiger charge is 2.12. The van der Waals surface area contributed by atoms with Gasteiger partial charge in [-0.05, 0) is 0 Å². The largest absolute Gasteiger partial charge is 0.383 e. The summed E-state index contributed by atoms with van der Waals surface area (Å²) < 4.78 is 6.07. The van der Waals surface area contributed by atoms with Crippen LogP contribution in [0, 0.1) is 0 Å². The Labute approximate surface area is 110 Å². The van der Waals surface area contributed by atoms with Crippen LogP contribution in [0.2, 0.25) is 0 Å². The van der Waals surface area contributed by atoms with Crippen LogP contribution in [0.3, 0.4) is 0 Å². The highest BCUT2D eigenvalue weighted by atomic mass is 16.5. The molecular weight excluding hydrogens is 250 g/mol. The molecule has 0 aromatic carbocycles. The minimum absolute atomic E-state index is 0.0315. The molecule has 0 saturated carbocycles. The van der Waals surface area contributed by atoms with E-state index in [1.807, 2.05) is 11.9 Å². The third-order valence-corrected chi connectivity index (χ3v) is 2.66. The number of methoxy groups -OCH3 is 1. The number of hydrogen-bond donors (Lipinski definition) is 2. The number of carbonyl (C=O) groups is 1. The summed E-state index contributed by atoms with van der Waals surface area (Å²) in [5, 5.41) is 3.96. The first-order valence-electron chi connectivity index (χ1n) is 5.78. The highest BCUT2D eigenvalue weighted by Crippen LogP contribution is 2.06. The Morgan fingerprint density at radius 3 is 2.84 bits per heavy atom. The predicted molar refractivity (Wildman–Crippen MR) is 70.8 cm³/mol. The van der Waals surface area contributed by atoms with Crippen LogP contribution in [-0.4, -0.2) is 49.0 Å². The normalized spacial score (nSPS) is 12.2. The lowest BCUT2D eigenvalue weighted by Crippen LogP contribution is -2.42. The van der Waals surface area contributed by atoms with E-state index < -0.39 is 11.9 Å². The van der Waals surface area contributed by atoms with Gasteiger partial charge in [0.05, 0.1) is 25.0 Å². The Morgan fingerprint density at radius 2 is 2.32 bits per heavy atom. The maximum atomic E-state index is 11.8. The molecule has 0 fully saturated rings. The summed E-state index contributed by atoms with van der Waals surface area (Å²) in [4.78, 5) is 24.5. The number of nitrogens with zero attached hydrogens (tertiary/aromatic N) is 3. The van der Waals surface area contributed by atoms with E-state index in [9.17, 15) is 9.59 Å². The number of primary amides is 1.